The van der Waals surface area contributed by atoms with E-state index in [9.17, 15) is 9.59 Å². The maximum Gasteiger partial charge on any atom is 0.270 e. The molecule has 184 valence electrons. The van der Waals surface area contributed by atoms with Gasteiger partial charge in [-0.1, -0.05) is 77.5 Å². The van der Waals surface area contributed by atoms with Crippen LogP contribution in [0.1, 0.15) is 12.5 Å². The Hall–Kier alpha value is -3.04. The predicted molar refractivity (Wildman–Crippen MR) is 150 cm³/mol. The van der Waals surface area contributed by atoms with E-state index in [4.69, 9.17) is 44.9 Å². The second kappa shape index (κ2) is 11.8. The van der Waals surface area contributed by atoms with Crippen molar-refractivity contribution in [2.45, 2.75) is 6.92 Å². The van der Waals surface area contributed by atoms with Gasteiger partial charge < -0.3 is 14.8 Å². The zero-order valence-electron chi connectivity index (χ0n) is 19.0. The number of halogens is 2. The lowest BCUT2D eigenvalue weighted by molar-refractivity contribution is -0.118. The molecule has 0 unspecified atom stereocenters. The second-order valence-corrected chi connectivity index (χ2v) is 9.89. The van der Waals surface area contributed by atoms with Gasteiger partial charge in [0.2, 0.25) is 0 Å². The van der Waals surface area contributed by atoms with Crippen molar-refractivity contribution in [3.63, 3.8) is 0 Å². The van der Waals surface area contributed by atoms with Crippen LogP contribution in [0.2, 0.25) is 10.0 Å². The molecule has 0 radical (unpaired) electrons. The van der Waals surface area contributed by atoms with Crippen LogP contribution in [0.25, 0.3) is 6.08 Å². The van der Waals surface area contributed by atoms with E-state index in [1.165, 1.54) is 16.7 Å². The summed E-state index contributed by atoms with van der Waals surface area (Å²) in [6.07, 6.45) is 1.75. The summed E-state index contributed by atoms with van der Waals surface area (Å²) in [5.74, 6) is 0.234. The highest BCUT2D eigenvalue weighted by molar-refractivity contribution is 8.27. The normalized spacial score (nSPS) is 14.3. The maximum absolute atomic E-state index is 13.0. The average Bonchev–Trinajstić information content (AvgIpc) is 3.14. The summed E-state index contributed by atoms with van der Waals surface area (Å²) < 4.78 is 11.9. The van der Waals surface area contributed by atoms with Crippen molar-refractivity contribution in [2.75, 3.05) is 23.4 Å². The highest BCUT2D eigenvalue weighted by Crippen LogP contribution is 2.37. The number of ether oxygens (including phenoxy) is 2. The van der Waals surface area contributed by atoms with Crippen LogP contribution in [0.15, 0.2) is 71.6 Å². The van der Waals surface area contributed by atoms with Crippen molar-refractivity contribution >= 4 is 80.8 Å². The van der Waals surface area contributed by atoms with Crippen LogP contribution in [0.3, 0.4) is 0 Å². The molecule has 1 saturated heterocycles. The number of benzene rings is 3. The molecule has 1 fully saturated rings. The molecule has 0 spiro atoms. The largest absolute Gasteiger partial charge is 0.490 e. The van der Waals surface area contributed by atoms with Crippen molar-refractivity contribution in [1.82, 2.24) is 0 Å². The van der Waals surface area contributed by atoms with E-state index in [0.29, 0.717) is 38.0 Å². The number of amides is 2. The Bertz CT molecular complexity index is 1350. The van der Waals surface area contributed by atoms with Gasteiger partial charge in [-0.25, -0.2) is 0 Å². The lowest BCUT2D eigenvalue weighted by Gasteiger charge is -2.14. The minimum absolute atomic E-state index is 0.189. The number of thiocarbonyl (C=S) groups is 1. The zero-order valence-corrected chi connectivity index (χ0v) is 22.1. The number of carbonyl (C=O) groups is 2. The first-order valence-electron chi connectivity index (χ1n) is 10.8. The number of nitrogens with one attached hydrogen (secondary N) is 1. The Morgan fingerprint density at radius 3 is 2.58 bits per heavy atom. The summed E-state index contributed by atoms with van der Waals surface area (Å²) >= 11 is 18.8. The van der Waals surface area contributed by atoms with Crippen LogP contribution in [-0.4, -0.2) is 29.3 Å². The van der Waals surface area contributed by atoms with E-state index in [2.05, 4.69) is 5.32 Å². The molecule has 6 nitrogen and oxygen atoms in total. The minimum atomic E-state index is -0.407. The van der Waals surface area contributed by atoms with Crippen molar-refractivity contribution in [3.05, 3.63) is 87.2 Å². The van der Waals surface area contributed by atoms with E-state index in [1.54, 1.807) is 42.5 Å². The Morgan fingerprint density at radius 2 is 1.83 bits per heavy atom. The third-order valence-electron chi connectivity index (χ3n) is 4.96. The molecule has 4 rings (SSSR count). The molecule has 3 aromatic rings. The van der Waals surface area contributed by atoms with Gasteiger partial charge in [-0.15, -0.1) is 0 Å². The molecule has 10 heteroatoms. The first-order chi connectivity index (χ1) is 17.4. The van der Waals surface area contributed by atoms with E-state index < -0.39 is 5.91 Å². The number of para-hydroxylation sites is 1. The first-order valence-corrected chi connectivity index (χ1v) is 12.8. The molecule has 1 aliphatic rings. The predicted octanol–water partition coefficient (Wildman–Crippen LogP) is 6.82. The van der Waals surface area contributed by atoms with Gasteiger partial charge in [-0.05, 0) is 55.0 Å². The first kappa shape index (κ1) is 26.0. The number of anilines is 2. The van der Waals surface area contributed by atoms with E-state index in [1.807, 2.05) is 37.3 Å². The lowest BCUT2D eigenvalue weighted by Crippen LogP contribution is -2.27. The Kier molecular flexibility index (Phi) is 8.53. The highest BCUT2D eigenvalue weighted by atomic mass is 35.5. The molecule has 3 aromatic carbocycles. The van der Waals surface area contributed by atoms with Crippen molar-refractivity contribution in [3.8, 4) is 11.5 Å². The fourth-order valence-electron chi connectivity index (χ4n) is 3.35. The molecule has 0 aromatic heterocycles. The summed E-state index contributed by atoms with van der Waals surface area (Å²) in [6.45, 7) is 1.97. The number of thioether (sulfide) groups is 1. The number of hydrogen-bond acceptors (Lipinski definition) is 6. The van der Waals surface area contributed by atoms with E-state index >= 15 is 0 Å². The number of rotatable bonds is 8. The lowest BCUT2D eigenvalue weighted by atomic mass is 10.1. The molecule has 0 aliphatic carbocycles. The molecule has 1 N–H and O–H groups in total. The van der Waals surface area contributed by atoms with Crippen molar-refractivity contribution < 1.29 is 19.1 Å². The molecule has 0 atom stereocenters. The van der Waals surface area contributed by atoms with Crippen molar-refractivity contribution in [2.24, 2.45) is 0 Å². The molecule has 2 amide bonds. The third kappa shape index (κ3) is 6.02. The molecule has 0 bridgehead atoms. The SMILES string of the molecule is CCOc1cc(/C=C2\SC(=S)N(c3ccccc3)C2=O)ccc1OCC(=O)Nc1cccc(Cl)c1Cl. The summed E-state index contributed by atoms with van der Waals surface area (Å²) in [4.78, 5) is 27.4. The summed E-state index contributed by atoms with van der Waals surface area (Å²) in [7, 11) is 0. The van der Waals surface area contributed by atoms with Gasteiger partial charge in [0.15, 0.2) is 22.4 Å². The standard InChI is InChI=1S/C26H20Cl2N2O4S2/c1-2-33-21-13-16(14-22-25(32)30(26(35)36-22)17-7-4-3-5-8-17)11-12-20(21)34-15-23(31)29-19-10-6-9-18(27)24(19)28/h3-14H,2,15H2,1H3,(H,29,31)/b22-14-. The number of carbonyl (C=O) groups excluding carboxylic acids is 2. The topological polar surface area (TPSA) is 67.9 Å². The number of hydrogen-bond donors (Lipinski definition) is 1. The fourth-order valence-corrected chi connectivity index (χ4v) is 5.00. The van der Waals surface area contributed by atoms with Crippen LogP contribution >= 0.6 is 47.2 Å². The number of nitrogens with zero attached hydrogens (tertiary/aromatic N) is 1. The Morgan fingerprint density at radius 1 is 1.06 bits per heavy atom. The fraction of sp³-hybridized carbons (Fsp3) is 0.115. The van der Waals surface area contributed by atoms with Crippen LogP contribution < -0.4 is 19.7 Å². The molecular weight excluding hydrogens is 539 g/mol. The average molecular weight is 559 g/mol. The van der Waals surface area contributed by atoms with Gasteiger partial charge in [0.05, 0.1) is 32.9 Å². The van der Waals surface area contributed by atoms with Gasteiger partial charge >= 0.3 is 0 Å². The molecule has 36 heavy (non-hydrogen) atoms. The summed E-state index contributed by atoms with van der Waals surface area (Å²) in [5.41, 5.74) is 1.85. The van der Waals surface area contributed by atoms with Gasteiger partial charge in [-0.2, -0.15) is 0 Å². The molecule has 1 aliphatic heterocycles. The quantitative estimate of drug-likeness (QED) is 0.242. The highest BCUT2D eigenvalue weighted by Gasteiger charge is 2.33. The summed E-state index contributed by atoms with van der Waals surface area (Å²) in [6, 6.07) is 19.4. The van der Waals surface area contributed by atoms with Crippen molar-refractivity contribution in [1.29, 1.82) is 0 Å². The zero-order chi connectivity index (χ0) is 25.7. The Balaban J connectivity index is 1.47. The van der Waals surface area contributed by atoms with Crippen LogP contribution in [-0.2, 0) is 9.59 Å². The van der Waals surface area contributed by atoms with Gasteiger partial charge in [0.1, 0.15) is 0 Å². The van der Waals surface area contributed by atoms with E-state index in [0.717, 1.165) is 11.3 Å². The third-order valence-corrected chi connectivity index (χ3v) is 7.08. The van der Waals surface area contributed by atoms with Crippen LogP contribution in [0.4, 0.5) is 11.4 Å². The van der Waals surface area contributed by atoms with Crippen LogP contribution in [0.5, 0.6) is 11.5 Å². The summed E-state index contributed by atoms with van der Waals surface area (Å²) in [5, 5.41) is 3.26. The van der Waals surface area contributed by atoms with Gasteiger partial charge in [0, 0.05) is 0 Å². The smallest absolute Gasteiger partial charge is 0.270 e. The molecule has 0 saturated carbocycles. The monoisotopic (exact) mass is 558 g/mol. The second-order valence-electron chi connectivity index (χ2n) is 7.43. The van der Waals surface area contributed by atoms with Gasteiger partial charge in [-0.3, -0.25) is 14.5 Å². The minimum Gasteiger partial charge on any atom is -0.490 e. The molecular formula is C26H20Cl2N2O4S2. The van der Waals surface area contributed by atoms with Gasteiger partial charge in [0.25, 0.3) is 11.8 Å². The van der Waals surface area contributed by atoms with E-state index in [-0.39, 0.29) is 17.5 Å². The van der Waals surface area contributed by atoms with Crippen LogP contribution in [0, 0.1) is 0 Å². The molecule has 1 heterocycles. The Labute approximate surface area is 228 Å². The maximum atomic E-state index is 13.0.